The van der Waals surface area contributed by atoms with Crippen molar-refractivity contribution >= 4 is 11.4 Å². The summed E-state index contributed by atoms with van der Waals surface area (Å²) in [6.45, 7) is 3.89. The average Bonchev–Trinajstić information content (AvgIpc) is 2.66. The van der Waals surface area contributed by atoms with Gasteiger partial charge >= 0.3 is 0 Å². The summed E-state index contributed by atoms with van der Waals surface area (Å²) >= 11 is 0. The Balaban J connectivity index is 2.09. The zero-order chi connectivity index (χ0) is 12.0. The van der Waals surface area contributed by atoms with Crippen LogP contribution in [0.5, 0.6) is 0 Å². The number of carbonyl (C=O) groups is 1. The fourth-order valence-electron chi connectivity index (χ4n) is 3.34. The van der Waals surface area contributed by atoms with Crippen molar-refractivity contribution in [2.45, 2.75) is 39.5 Å². The molecule has 1 atom stereocenters. The van der Waals surface area contributed by atoms with Gasteiger partial charge in [0.1, 0.15) is 5.78 Å². The Morgan fingerprint density at radius 1 is 1.35 bits per heavy atom. The summed E-state index contributed by atoms with van der Waals surface area (Å²) in [5.74, 6) is 0.549. The van der Waals surface area contributed by atoms with E-state index >= 15 is 0 Å². The first-order valence-corrected chi connectivity index (χ1v) is 6.49. The van der Waals surface area contributed by atoms with Crippen LogP contribution in [0.4, 0.5) is 0 Å². The number of Topliss-reactive ketones (excluding diaryl/α,β-unsaturated/α-hetero) is 1. The molecule has 1 unspecified atom stereocenters. The van der Waals surface area contributed by atoms with Crippen molar-refractivity contribution in [3.8, 4) is 0 Å². The van der Waals surface area contributed by atoms with Crippen molar-refractivity contribution in [1.82, 2.24) is 0 Å². The number of rotatable bonds is 1. The fourth-order valence-corrected chi connectivity index (χ4v) is 3.34. The number of hydrogen-bond acceptors (Lipinski definition) is 1. The molecule has 2 aliphatic carbocycles. The molecule has 0 spiro atoms. The highest BCUT2D eigenvalue weighted by Gasteiger charge is 2.31. The van der Waals surface area contributed by atoms with Crippen LogP contribution in [0.3, 0.4) is 0 Å². The summed E-state index contributed by atoms with van der Waals surface area (Å²) in [5.41, 5.74) is 7.07. The lowest BCUT2D eigenvalue weighted by Crippen LogP contribution is -2.17. The van der Waals surface area contributed by atoms with E-state index < -0.39 is 0 Å². The highest BCUT2D eigenvalue weighted by molar-refractivity contribution is 5.88. The van der Waals surface area contributed by atoms with Gasteiger partial charge in [-0.2, -0.15) is 0 Å². The van der Waals surface area contributed by atoms with E-state index in [1.807, 2.05) is 0 Å². The van der Waals surface area contributed by atoms with Gasteiger partial charge in [-0.15, -0.1) is 0 Å². The molecule has 0 aromatic heterocycles. The van der Waals surface area contributed by atoms with Crippen LogP contribution >= 0.6 is 0 Å². The lowest BCUT2D eigenvalue weighted by molar-refractivity contribution is -0.119. The Hall–Kier alpha value is -1.37. The van der Waals surface area contributed by atoms with Crippen molar-refractivity contribution in [3.63, 3.8) is 0 Å². The van der Waals surface area contributed by atoms with Crippen LogP contribution in [0.15, 0.2) is 23.8 Å². The number of hydrogen-bond donors (Lipinski definition) is 0. The van der Waals surface area contributed by atoms with Gasteiger partial charge in [0.15, 0.2) is 0 Å². The van der Waals surface area contributed by atoms with Crippen LogP contribution in [0.25, 0.3) is 5.57 Å². The van der Waals surface area contributed by atoms with E-state index in [4.69, 9.17) is 0 Å². The largest absolute Gasteiger partial charge is 0.299 e. The van der Waals surface area contributed by atoms with Gasteiger partial charge in [0.25, 0.3) is 0 Å². The first kappa shape index (κ1) is 10.8. The van der Waals surface area contributed by atoms with Crippen molar-refractivity contribution in [1.29, 1.82) is 0 Å². The van der Waals surface area contributed by atoms with E-state index in [9.17, 15) is 4.79 Å². The maximum atomic E-state index is 11.7. The topological polar surface area (TPSA) is 17.1 Å². The molecule has 0 saturated heterocycles. The Morgan fingerprint density at radius 3 is 2.94 bits per heavy atom. The molecular formula is C16H18O. The van der Waals surface area contributed by atoms with E-state index in [1.54, 1.807) is 6.92 Å². The molecule has 0 N–H and O–H groups in total. The summed E-state index contributed by atoms with van der Waals surface area (Å²) < 4.78 is 0. The number of aryl methyl sites for hydroxylation is 1. The maximum Gasteiger partial charge on any atom is 0.136 e. The van der Waals surface area contributed by atoms with Crippen molar-refractivity contribution < 1.29 is 4.79 Å². The summed E-state index contributed by atoms with van der Waals surface area (Å²) in [5, 5.41) is 0. The maximum absolute atomic E-state index is 11.7. The van der Waals surface area contributed by atoms with Crippen LogP contribution in [0, 0.1) is 12.8 Å². The van der Waals surface area contributed by atoms with Gasteiger partial charge in [0.2, 0.25) is 0 Å². The molecule has 1 aromatic rings. The van der Waals surface area contributed by atoms with Gasteiger partial charge in [-0.05, 0) is 56.2 Å². The smallest absolute Gasteiger partial charge is 0.136 e. The lowest BCUT2D eigenvalue weighted by atomic mass is 9.81. The Morgan fingerprint density at radius 2 is 2.18 bits per heavy atom. The van der Waals surface area contributed by atoms with E-state index in [2.05, 4.69) is 25.1 Å². The van der Waals surface area contributed by atoms with Crippen LogP contribution in [0.2, 0.25) is 0 Å². The molecular weight excluding hydrogens is 208 g/mol. The minimum absolute atomic E-state index is 0.200. The van der Waals surface area contributed by atoms with Gasteiger partial charge in [-0.1, -0.05) is 29.3 Å². The van der Waals surface area contributed by atoms with Gasteiger partial charge < -0.3 is 0 Å². The average molecular weight is 226 g/mol. The van der Waals surface area contributed by atoms with E-state index in [0.717, 1.165) is 25.7 Å². The molecule has 1 nitrogen and oxygen atoms in total. The monoisotopic (exact) mass is 226 g/mol. The number of ketones is 1. The minimum atomic E-state index is 0.200. The van der Waals surface area contributed by atoms with Crippen LogP contribution < -0.4 is 0 Å². The van der Waals surface area contributed by atoms with Gasteiger partial charge in [-0.3, -0.25) is 4.79 Å². The van der Waals surface area contributed by atoms with Gasteiger partial charge in [-0.25, -0.2) is 0 Å². The molecule has 88 valence electrons. The third-order valence-electron chi connectivity index (χ3n) is 4.19. The predicted octanol–water partition coefficient (Wildman–Crippen LogP) is 3.69. The van der Waals surface area contributed by atoms with Crippen molar-refractivity contribution in [2.24, 2.45) is 5.92 Å². The highest BCUT2D eigenvalue weighted by Crippen LogP contribution is 2.44. The first-order chi connectivity index (χ1) is 8.16. The Bertz CT molecular complexity index is 522. The van der Waals surface area contributed by atoms with Crippen LogP contribution in [0.1, 0.15) is 42.9 Å². The molecule has 0 amide bonds. The first-order valence-electron chi connectivity index (χ1n) is 6.49. The molecule has 1 heteroatoms. The standard InChI is InChI=1S/C16H18O/c1-10-6-7-12-9-16-13(11(2)17)4-3-5-14(16)15(12)8-10/h6-8,13H,3-5,9H2,1-2H3. The Kier molecular flexibility index (Phi) is 2.43. The molecule has 0 aliphatic heterocycles. The summed E-state index contributed by atoms with van der Waals surface area (Å²) in [6.07, 6.45) is 4.39. The zero-order valence-corrected chi connectivity index (χ0v) is 10.5. The predicted molar refractivity (Wildman–Crippen MR) is 69.8 cm³/mol. The lowest BCUT2D eigenvalue weighted by Gasteiger charge is -2.22. The van der Waals surface area contributed by atoms with E-state index in [-0.39, 0.29) is 5.92 Å². The molecule has 2 aliphatic rings. The Labute approximate surface area is 103 Å². The highest BCUT2D eigenvalue weighted by atomic mass is 16.1. The molecule has 1 aromatic carbocycles. The molecule has 0 radical (unpaired) electrons. The summed E-state index contributed by atoms with van der Waals surface area (Å²) in [6, 6.07) is 6.71. The van der Waals surface area contributed by atoms with E-state index in [0.29, 0.717) is 5.78 Å². The second kappa shape index (κ2) is 3.83. The van der Waals surface area contributed by atoms with Crippen LogP contribution in [-0.2, 0) is 11.2 Å². The second-order valence-corrected chi connectivity index (χ2v) is 5.40. The third kappa shape index (κ3) is 1.65. The fraction of sp³-hybridized carbons (Fsp3) is 0.438. The zero-order valence-electron chi connectivity index (χ0n) is 10.5. The van der Waals surface area contributed by atoms with Crippen molar-refractivity contribution in [3.05, 3.63) is 40.5 Å². The van der Waals surface area contributed by atoms with Crippen molar-refractivity contribution in [2.75, 3.05) is 0 Å². The van der Waals surface area contributed by atoms with Crippen LogP contribution in [-0.4, -0.2) is 5.78 Å². The quantitative estimate of drug-likeness (QED) is 0.713. The third-order valence-corrected chi connectivity index (χ3v) is 4.19. The number of benzene rings is 1. The minimum Gasteiger partial charge on any atom is -0.299 e. The normalized spacial score (nSPS) is 22.4. The molecule has 0 saturated carbocycles. The van der Waals surface area contributed by atoms with Gasteiger partial charge in [0.05, 0.1) is 0 Å². The number of allylic oxidation sites excluding steroid dienone is 2. The molecule has 17 heavy (non-hydrogen) atoms. The molecule has 0 fully saturated rings. The number of carbonyl (C=O) groups excluding carboxylic acids is 1. The SMILES string of the molecule is CC(=O)C1CCCC2=C1Cc1ccc(C)cc12. The van der Waals surface area contributed by atoms with E-state index in [1.165, 1.54) is 27.8 Å². The summed E-state index contributed by atoms with van der Waals surface area (Å²) in [4.78, 5) is 11.7. The summed E-state index contributed by atoms with van der Waals surface area (Å²) in [7, 11) is 0. The number of fused-ring (bicyclic) bond motifs is 2. The molecule has 0 bridgehead atoms. The second-order valence-electron chi connectivity index (χ2n) is 5.40. The van der Waals surface area contributed by atoms with Gasteiger partial charge in [0, 0.05) is 5.92 Å². The molecule has 3 rings (SSSR count). The molecule has 0 heterocycles.